The second-order valence-electron chi connectivity index (χ2n) is 12.5. The third kappa shape index (κ3) is 4.45. The third-order valence-corrected chi connectivity index (χ3v) is 9.57. The fraction of sp³-hybridized carbons (Fsp3) is 0. The van der Waals surface area contributed by atoms with Gasteiger partial charge in [0.25, 0.3) is 0 Å². The molecule has 3 aromatic heterocycles. The van der Waals surface area contributed by atoms with Gasteiger partial charge in [0.1, 0.15) is 0 Å². The van der Waals surface area contributed by atoms with Gasteiger partial charge in [0.05, 0.1) is 22.1 Å². The van der Waals surface area contributed by atoms with Crippen molar-refractivity contribution in [1.29, 1.82) is 0 Å². The molecule has 0 aliphatic rings. The lowest BCUT2D eigenvalue weighted by molar-refractivity contribution is 0.953. The summed E-state index contributed by atoms with van der Waals surface area (Å²) in [5, 5.41) is 4.63. The SMILES string of the molecule is c1ccc(-c2ccc3c(c2)c2ccc4c5ccccc5n(-c5nc(-c6ccccc6)nc(-c6ccccc6)n5)c4c2n3-c2ccccc2)cc1. The number of hydrogen-bond donors (Lipinski definition) is 0. The minimum absolute atomic E-state index is 0.575. The summed E-state index contributed by atoms with van der Waals surface area (Å²) >= 11 is 0. The summed E-state index contributed by atoms with van der Waals surface area (Å²) in [6.45, 7) is 0. The highest BCUT2D eigenvalue weighted by Crippen LogP contribution is 2.42. The highest BCUT2D eigenvalue weighted by Gasteiger charge is 2.23. The monoisotopic (exact) mass is 639 g/mol. The van der Waals surface area contributed by atoms with Crippen LogP contribution in [0.25, 0.3) is 89.2 Å². The lowest BCUT2D eigenvalue weighted by Crippen LogP contribution is -2.07. The molecule has 7 aromatic carbocycles. The number of benzene rings is 7. The summed E-state index contributed by atoms with van der Waals surface area (Å²) in [6.07, 6.45) is 0. The molecule has 50 heavy (non-hydrogen) atoms. The van der Waals surface area contributed by atoms with Gasteiger partial charge in [-0.2, -0.15) is 9.97 Å². The van der Waals surface area contributed by atoms with Crippen molar-refractivity contribution in [2.75, 3.05) is 0 Å². The van der Waals surface area contributed by atoms with Crippen LogP contribution in [0.3, 0.4) is 0 Å². The van der Waals surface area contributed by atoms with Crippen molar-refractivity contribution in [3.63, 3.8) is 0 Å². The molecule has 5 heteroatoms. The summed E-state index contributed by atoms with van der Waals surface area (Å²) in [7, 11) is 0. The van der Waals surface area contributed by atoms with Gasteiger partial charge in [-0.1, -0.05) is 146 Å². The zero-order chi connectivity index (χ0) is 33.0. The Bertz CT molecular complexity index is 2780. The van der Waals surface area contributed by atoms with Crippen LogP contribution in [-0.4, -0.2) is 24.1 Å². The molecule has 3 heterocycles. The number of para-hydroxylation sites is 2. The van der Waals surface area contributed by atoms with E-state index in [0.29, 0.717) is 17.6 Å². The Morgan fingerprint density at radius 3 is 1.46 bits per heavy atom. The lowest BCUT2D eigenvalue weighted by atomic mass is 10.0. The van der Waals surface area contributed by atoms with Crippen LogP contribution < -0.4 is 0 Å². The van der Waals surface area contributed by atoms with Gasteiger partial charge in [-0.15, -0.1) is 0 Å². The van der Waals surface area contributed by atoms with Gasteiger partial charge < -0.3 is 4.57 Å². The molecule has 10 rings (SSSR count). The number of fused-ring (bicyclic) bond motifs is 7. The van der Waals surface area contributed by atoms with Crippen LogP contribution >= 0.6 is 0 Å². The lowest BCUT2D eigenvalue weighted by Gasteiger charge is -2.13. The predicted molar refractivity (Wildman–Crippen MR) is 205 cm³/mol. The van der Waals surface area contributed by atoms with E-state index in [1.54, 1.807) is 0 Å². The molecule has 10 aromatic rings. The van der Waals surface area contributed by atoms with E-state index in [0.717, 1.165) is 49.7 Å². The van der Waals surface area contributed by atoms with Gasteiger partial charge in [-0.05, 0) is 41.5 Å². The van der Waals surface area contributed by atoms with Crippen LogP contribution in [0, 0.1) is 0 Å². The van der Waals surface area contributed by atoms with Gasteiger partial charge in [0.15, 0.2) is 11.6 Å². The fourth-order valence-electron chi connectivity index (χ4n) is 7.31. The minimum Gasteiger partial charge on any atom is -0.307 e. The summed E-state index contributed by atoms with van der Waals surface area (Å²) in [5.41, 5.74) is 9.67. The first-order chi connectivity index (χ1) is 24.8. The molecular formula is C45H29N5. The number of aromatic nitrogens is 5. The number of nitrogens with zero attached hydrogens (tertiary/aromatic N) is 5. The number of rotatable bonds is 5. The average Bonchev–Trinajstić information content (AvgIpc) is 3.72. The summed E-state index contributed by atoms with van der Waals surface area (Å²) in [4.78, 5) is 15.4. The highest BCUT2D eigenvalue weighted by molar-refractivity contribution is 6.24. The highest BCUT2D eigenvalue weighted by atomic mass is 15.2. The molecule has 0 fully saturated rings. The summed E-state index contributed by atoms with van der Waals surface area (Å²) < 4.78 is 4.64. The van der Waals surface area contributed by atoms with E-state index in [9.17, 15) is 0 Å². The zero-order valence-corrected chi connectivity index (χ0v) is 27.0. The molecule has 0 atom stereocenters. The van der Waals surface area contributed by atoms with E-state index < -0.39 is 0 Å². The Balaban J connectivity index is 1.37. The van der Waals surface area contributed by atoms with E-state index in [-0.39, 0.29) is 0 Å². The Labute approximate surface area is 288 Å². The van der Waals surface area contributed by atoms with Crippen molar-refractivity contribution in [2.45, 2.75) is 0 Å². The maximum atomic E-state index is 5.22. The van der Waals surface area contributed by atoms with E-state index >= 15 is 0 Å². The normalized spacial score (nSPS) is 11.6. The van der Waals surface area contributed by atoms with Crippen molar-refractivity contribution in [3.8, 4) is 45.5 Å². The van der Waals surface area contributed by atoms with E-state index in [1.807, 2.05) is 36.4 Å². The largest absolute Gasteiger partial charge is 0.307 e. The number of hydrogen-bond acceptors (Lipinski definition) is 3. The molecule has 0 radical (unpaired) electrons. The van der Waals surface area contributed by atoms with Crippen molar-refractivity contribution in [1.82, 2.24) is 24.1 Å². The van der Waals surface area contributed by atoms with Gasteiger partial charge in [0.2, 0.25) is 5.95 Å². The van der Waals surface area contributed by atoms with E-state index in [4.69, 9.17) is 15.0 Å². The van der Waals surface area contributed by atoms with Crippen molar-refractivity contribution in [2.24, 2.45) is 0 Å². The molecule has 0 aliphatic heterocycles. The Morgan fingerprint density at radius 2 is 0.820 bits per heavy atom. The maximum absolute atomic E-state index is 5.22. The molecule has 0 saturated heterocycles. The molecule has 0 aliphatic carbocycles. The standard InChI is InChI=1S/C45H29N5/c1-5-15-30(16-6-1)33-25-28-40-38(29-33)37-27-26-36-35-23-13-14-24-39(35)50(42(36)41(37)49(40)34-21-11-4-12-22-34)45-47-43(31-17-7-2-8-18-31)46-44(48-45)32-19-9-3-10-20-32/h1-29H. The quantitative estimate of drug-likeness (QED) is 0.188. The van der Waals surface area contributed by atoms with E-state index in [1.165, 1.54) is 21.9 Å². The molecule has 0 amide bonds. The van der Waals surface area contributed by atoms with Crippen LogP contribution in [0.15, 0.2) is 176 Å². The topological polar surface area (TPSA) is 48.5 Å². The van der Waals surface area contributed by atoms with Crippen LogP contribution in [0.5, 0.6) is 0 Å². The van der Waals surface area contributed by atoms with Crippen LogP contribution in [0.4, 0.5) is 0 Å². The first-order valence-corrected chi connectivity index (χ1v) is 16.8. The maximum Gasteiger partial charge on any atom is 0.238 e. The molecule has 5 nitrogen and oxygen atoms in total. The van der Waals surface area contributed by atoms with E-state index in [2.05, 4.69) is 149 Å². The molecule has 0 N–H and O–H groups in total. The summed E-state index contributed by atoms with van der Waals surface area (Å²) in [6, 6.07) is 61.4. The molecule has 234 valence electrons. The second-order valence-corrected chi connectivity index (χ2v) is 12.5. The van der Waals surface area contributed by atoms with Gasteiger partial charge in [-0.25, -0.2) is 4.98 Å². The zero-order valence-electron chi connectivity index (χ0n) is 27.0. The molecule has 0 unspecified atom stereocenters. The van der Waals surface area contributed by atoms with Crippen molar-refractivity contribution < 1.29 is 0 Å². The fourth-order valence-corrected chi connectivity index (χ4v) is 7.31. The third-order valence-electron chi connectivity index (χ3n) is 9.57. The van der Waals surface area contributed by atoms with Crippen LogP contribution in [-0.2, 0) is 0 Å². The van der Waals surface area contributed by atoms with Gasteiger partial charge in [0, 0.05) is 38.4 Å². The predicted octanol–water partition coefficient (Wildman–Crippen LogP) is 11.1. The Hall–Kier alpha value is -6.85. The average molecular weight is 640 g/mol. The van der Waals surface area contributed by atoms with Crippen LogP contribution in [0.1, 0.15) is 0 Å². The minimum atomic E-state index is 0.575. The van der Waals surface area contributed by atoms with Crippen LogP contribution in [0.2, 0.25) is 0 Å². The van der Waals surface area contributed by atoms with Crippen molar-refractivity contribution >= 4 is 43.6 Å². The smallest absolute Gasteiger partial charge is 0.238 e. The molecule has 0 spiro atoms. The van der Waals surface area contributed by atoms with Crippen molar-refractivity contribution in [3.05, 3.63) is 176 Å². The van der Waals surface area contributed by atoms with Gasteiger partial charge in [-0.3, -0.25) is 4.57 Å². The Kier molecular flexibility index (Phi) is 6.42. The molecular weight excluding hydrogens is 611 g/mol. The van der Waals surface area contributed by atoms with Gasteiger partial charge >= 0.3 is 0 Å². The second kappa shape index (κ2) is 11.4. The molecule has 0 saturated carbocycles. The molecule has 0 bridgehead atoms. The first-order valence-electron chi connectivity index (χ1n) is 16.8. The summed E-state index contributed by atoms with van der Waals surface area (Å²) in [5.74, 6) is 1.83. The first kappa shape index (κ1) is 28.2. The Morgan fingerprint density at radius 1 is 0.320 bits per heavy atom.